The number of nitrogens with one attached hydrogen (secondary N) is 2. The largest absolute Gasteiger partial charge is 0.467 e. The van der Waals surface area contributed by atoms with Crippen LogP contribution in [0.2, 0.25) is 0 Å². The van der Waals surface area contributed by atoms with E-state index in [2.05, 4.69) is 15.6 Å². The van der Waals surface area contributed by atoms with Crippen LogP contribution in [0.3, 0.4) is 0 Å². The van der Waals surface area contributed by atoms with E-state index in [-0.39, 0.29) is 25.5 Å². The van der Waals surface area contributed by atoms with Gasteiger partial charge in [-0.3, -0.25) is 14.7 Å². The zero-order valence-electron chi connectivity index (χ0n) is 20.9. The molecule has 13 nitrogen and oxygen atoms in total. The van der Waals surface area contributed by atoms with Crippen LogP contribution in [0.4, 0.5) is 15.4 Å². The summed E-state index contributed by atoms with van der Waals surface area (Å²) in [6.07, 6.45) is -0.238. The molecule has 2 heterocycles. The lowest BCUT2D eigenvalue weighted by atomic mass is 9.94. The van der Waals surface area contributed by atoms with E-state index in [4.69, 9.17) is 14.2 Å². The lowest BCUT2D eigenvalue weighted by molar-refractivity contribution is -0.171. The Bertz CT molecular complexity index is 1210. The summed E-state index contributed by atoms with van der Waals surface area (Å²) in [7, 11) is 1.16. The van der Waals surface area contributed by atoms with Gasteiger partial charge in [-0.05, 0) is 32.4 Å². The van der Waals surface area contributed by atoms with E-state index in [1.807, 2.05) is 6.07 Å². The Balaban J connectivity index is 1.62. The van der Waals surface area contributed by atoms with E-state index in [9.17, 15) is 24.0 Å². The fourth-order valence-electron chi connectivity index (χ4n) is 3.58. The van der Waals surface area contributed by atoms with Gasteiger partial charge >= 0.3 is 23.8 Å². The van der Waals surface area contributed by atoms with Crippen molar-refractivity contribution in [3.63, 3.8) is 0 Å². The number of hydrogen-bond donors (Lipinski definition) is 2. The van der Waals surface area contributed by atoms with Crippen molar-refractivity contribution in [3.05, 3.63) is 58.6 Å². The highest BCUT2D eigenvalue weighted by molar-refractivity contribution is 5.98. The Kier molecular flexibility index (Phi) is 8.48. The monoisotopic (exact) mass is 515 g/mol. The van der Waals surface area contributed by atoms with E-state index < -0.39 is 47.4 Å². The molecule has 1 aliphatic rings. The van der Waals surface area contributed by atoms with Crippen LogP contribution in [0.1, 0.15) is 32.4 Å². The highest BCUT2D eigenvalue weighted by atomic mass is 16.6. The number of ether oxygens (including phenoxy) is 3. The number of esters is 1. The summed E-state index contributed by atoms with van der Waals surface area (Å²) in [5.74, 6) is -1.35. The quantitative estimate of drug-likeness (QED) is 0.301. The first-order valence-electron chi connectivity index (χ1n) is 11.4. The summed E-state index contributed by atoms with van der Waals surface area (Å²) in [6.45, 7) is 5.17. The Hall–Kier alpha value is -4.42. The van der Waals surface area contributed by atoms with Gasteiger partial charge in [-0.1, -0.05) is 30.3 Å². The number of amides is 3. The predicted molar refractivity (Wildman–Crippen MR) is 130 cm³/mol. The van der Waals surface area contributed by atoms with Crippen molar-refractivity contribution in [1.29, 1.82) is 0 Å². The highest BCUT2D eigenvalue weighted by Gasteiger charge is 2.53. The number of likely N-dealkylation sites (tertiary alicyclic amines) is 1. The molecule has 0 radical (unpaired) electrons. The number of anilines is 1. The lowest BCUT2D eigenvalue weighted by Crippen LogP contribution is -2.67. The van der Waals surface area contributed by atoms with Gasteiger partial charge in [-0.2, -0.15) is 4.98 Å². The molecule has 2 aromatic rings. The molecule has 1 aliphatic heterocycles. The lowest BCUT2D eigenvalue weighted by Gasteiger charge is -2.45. The number of β-lactam (4-membered cyclic amide) rings is 1. The SMILES string of the molecule is COC(=O)C1C(n2ccc(NC(=O)OCc3ccccc3)nc2=O)C(=O)N1CCNC(=O)OC(C)(C)C. The Morgan fingerprint density at radius 2 is 1.76 bits per heavy atom. The van der Waals surface area contributed by atoms with Crippen molar-refractivity contribution in [2.45, 2.75) is 45.1 Å². The number of benzene rings is 1. The van der Waals surface area contributed by atoms with Crippen molar-refractivity contribution in [3.8, 4) is 0 Å². The second kappa shape index (κ2) is 11.5. The first-order valence-corrected chi connectivity index (χ1v) is 11.4. The molecular weight excluding hydrogens is 486 g/mol. The summed E-state index contributed by atoms with van der Waals surface area (Å²) < 4.78 is 16.0. The molecule has 3 amide bonds. The van der Waals surface area contributed by atoms with Gasteiger partial charge in [-0.15, -0.1) is 0 Å². The maximum atomic E-state index is 12.8. The number of hydrogen-bond acceptors (Lipinski definition) is 9. The molecule has 2 N–H and O–H groups in total. The van der Waals surface area contributed by atoms with Crippen LogP contribution >= 0.6 is 0 Å². The molecule has 1 fully saturated rings. The van der Waals surface area contributed by atoms with Gasteiger partial charge in [0.15, 0.2) is 6.04 Å². The molecule has 3 rings (SSSR count). The van der Waals surface area contributed by atoms with E-state index in [0.29, 0.717) is 0 Å². The van der Waals surface area contributed by atoms with E-state index >= 15 is 0 Å². The van der Waals surface area contributed by atoms with Crippen molar-refractivity contribution in [2.24, 2.45) is 0 Å². The Labute approximate surface area is 212 Å². The molecule has 198 valence electrons. The molecular formula is C24H29N5O8. The molecule has 1 aromatic carbocycles. The fraction of sp³-hybridized carbons (Fsp3) is 0.417. The van der Waals surface area contributed by atoms with Gasteiger partial charge in [0, 0.05) is 19.3 Å². The van der Waals surface area contributed by atoms with E-state index in [1.165, 1.54) is 17.2 Å². The summed E-state index contributed by atoms with van der Waals surface area (Å²) in [5.41, 5.74) is -0.770. The van der Waals surface area contributed by atoms with Gasteiger partial charge in [-0.25, -0.2) is 19.2 Å². The zero-order valence-corrected chi connectivity index (χ0v) is 20.9. The number of methoxy groups -OCH3 is 1. The standard InChI is InChI=1S/C24H29N5O8/c1-24(2,3)37-22(33)25-11-13-28-18(20(31)35-4)17(19(28)30)29-12-10-16(26-21(29)32)27-23(34)36-14-15-8-6-5-7-9-15/h5-10,12,17-18H,11,13-14H2,1-4H3,(H,25,33)(H,26,27,32,34). The van der Waals surface area contributed by atoms with E-state index in [1.54, 1.807) is 45.0 Å². The minimum Gasteiger partial charge on any atom is -0.467 e. The Morgan fingerprint density at radius 3 is 2.38 bits per heavy atom. The number of rotatable bonds is 8. The number of carbonyl (C=O) groups excluding carboxylic acids is 4. The molecule has 0 spiro atoms. The van der Waals surface area contributed by atoms with Crippen LogP contribution in [0.5, 0.6) is 0 Å². The topological polar surface area (TPSA) is 158 Å². The van der Waals surface area contributed by atoms with Gasteiger partial charge < -0.3 is 24.4 Å². The highest BCUT2D eigenvalue weighted by Crippen LogP contribution is 2.31. The van der Waals surface area contributed by atoms with Crippen molar-refractivity contribution in [2.75, 3.05) is 25.5 Å². The van der Waals surface area contributed by atoms with E-state index in [0.717, 1.165) is 17.2 Å². The molecule has 0 saturated carbocycles. The maximum Gasteiger partial charge on any atom is 0.413 e. The number of carbonyl (C=O) groups is 4. The third-order valence-electron chi connectivity index (χ3n) is 5.21. The average Bonchev–Trinajstić information content (AvgIpc) is 2.84. The van der Waals surface area contributed by atoms with Crippen LogP contribution in [0.25, 0.3) is 0 Å². The van der Waals surface area contributed by atoms with Crippen LogP contribution in [-0.2, 0) is 30.4 Å². The third kappa shape index (κ3) is 7.06. The molecule has 2 unspecified atom stereocenters. The Morgan fingerprint density at radius 1 is 1.05 bits per heavy atom. The second-order valence-electron chi connectivity index (χ2n) is 9.06. The van der Waals surface area contributed by atoms with Crippen LogP contribution in [-0.4, -0.2) is 70.4 Å². The van der Waals surface area contributed by atoms with Crippen molar-refractivity contribution >= 4 is 29.9 Å². The molecule has 1 aromatic heterocycles. The van der Waals surface area contributed by atoms with Gasteiger partial charge in [0.05, 0.1) is 7.11 Å². The first-order chi connectivity index (χ1) is 17.5. The molecule has 1 saturated heterocycles. The molecule has 13 heteroatoms. The van der Waals surface area contributed by atoms with Crippen LogP contribution < -0.4 is 16.3 Å². The summed E-state index contributed by atoms with van der Waals surface area (Å²) >= 11 is 0. The normalized spacial score (nSPS) is 16.9. The summed E-state index contributed by atoms with van der Waals surface area (Å²) in [4.78, 5) is 66.7. The van der Waals surface area contributed by atoms with Crippen molar-refractivity contribution < 1.29 is 33.4 Å². The smallest absolute Gasteiger partial charge is 0.413 e. The third-order valence-corrected chi connectivity index (χ3v) is 5.21. The average molecular weight is 516 g/mol. The minimum absolute atomic E-state index is 0.0105. The zero-order chi connectivity index (χ0) is 27.2. The van der Waals surface area contributed by atoms with Gasteiger partial charge in [0.25, 0.3) is 0 Å². The number of aromatic nitrogens is 2. The number of nitrogens with zero attached hydrogens (tertiary/aromatic N) is 3. The van der Waals surface area contributed by atoms with Crippen molar-refractivity contribution in [1.82, 2.24) is 19.8 Å². The summed E-state index contributed by atoms with van der Waals surface area (Å²) in [6, 6.07) is 8.04. The minimum atomic E-state index is -1.19. The first kappa shape index (κ1) is 27.2. The molecule has 37 heavy (non-hydrogen) atoms. The predicted octanol–water partition coefficient (Wildman–Crippen LogP) is 1.44. The van der Waals surface area contributed by atoms with Gasteiger partial charge in [0.1, 0.15) is 24.1 Å². The molecule has 2 atom stereocenters. The fourth-order valence-corrected chi connectivity index (χ4v) is 3.58. The molecule has 0 aliphatic carbocycles. The second-order valence-corrected chi connectivity index (χ2v) is 9.06. The maximum absolute atomic E-state index is 12.8. The van der Waals surface area contributed by atoms with Crippen LogP contribution in [0, 0.1) is 0 Å². The molecule has 0 bridgehead atoms. The van der Waals surface area contributed by atoms with Crippen LogP contribution in [0.15, 0.2) is 47.4 Å². The van der Waals surface area contributed by atoms with Gasteiger partial charge in [0.2, 0.25) is 5.91 Å². The number of alkyl carbamates (subject to hydrolysis) is 1. The summed E-state index contributed by atoms with van der Waals surface area (Å²) in [5, 5.41) is 4.86.